The van der Waals surface area contributed by atoms with Gasteiger partial charge >= 0.3 is 0 Å². The van der Waals surface area contributed by atoms with E-state index in [1.807, 2.05) is 26.0 Å². The Bertz CT molecular complexity index is 518. The molecule has 6 heteroatoms. The highest BCUT2D eigenvalue weighted by Crippen LogP contribution is 2.28. The molecule has 0 aliphatic carbocycles. The summed E-state index contributed by atoms with van der Waals surface area (Å²) in [5.41, 5.74) is 8.36. The van der Waals surface area contributed by atoms with E-state index in [9.17, 15) is 0 Å². The van der Waals surface area contributed by atoms with Crippen molar-refractivity contribution in [3.8, 4) is 5.75 Å². The van der Waals surface area contributed by atoms with Crippen molar-refractivity contribution in [2.45, 2.75) is 20.5 Å². The molecule has 90 valence electrons. The van der Waals surface area contributed by atoms with E-state index >= 15 is 0 Å². The Kier molecular flexibility index (Phi) is 3.49. The Labute approximate surface area is 109 Å². The number of ether oxygens (including phenoxy) is 1. The van der Waals surface area contributed by atoms with Crippen LogP contribution in [-0.2, 0) is 6.61 Å². The van der Waals surface area contributed by atoms with Gasteiger partial charge in [-0.3, -0.25) is 0 Å². The van der Waals surface area contributed by atoms with Crippen LogP contribution in [0.1, 0.15) is 16.8 Å². The third-order valence-corrected chi connectivity index (χ3v) is 3.18. The zero-order chi connectivity index (χ0) is 12.4. The largest absolute Gasteiger partial charge is 0.487 e. The number of aromatic nitrogens is 2. The number of hydrogen-bond acceptors (Lipinski definition) is 5. The Hall–Kier alpha value is -1.33. The van der Waals surface area contributed by atoms with Crippen LogP contribution in [0.5, 0.6) is 5.75 Å². The topological polar surface area (TPSA) is 61.0 Å². The smallest absolute Gasteiger partial charge is 0.136 e. The van der Waals surface area contributed by atoms with E-state index in [-0.39, 0.29) is 0 Å². The van der Waals surface area contributed by atoms with Crippen LogP contribution in [0, 0.1) is 13.8 Å². The van der Waals surface area contributed by atoms with Gasteiger partial charge in [-0.05, 0) is 37.1 Å². The second-order valence-corrected chi connectivity index (χ2v) is 4.96. The molecular formula is C11H12ClN3OS. The third kappa shape index (κ3) is 2.68. The van der Waals surface area contributed by atoms with Crippen molar-refractivity contribution in [3.63, 3.8) is 0 Å². The standard InChI is InChI=1S/C11H12ClN3OS/c1-6-3-8(12)4-7(2)10(6)16-5-9-11(13)17-15-14-9/h3-4H,5,13H2,1-2H3. The molecule has 0 spiro atoms. The number of rotatable bonds is 3. The molecule has 0 atom stereocenters. The van der Waals surface area contributed by atoms with Gasteiger partial charge in [0.15, 0.2) is 0 Å². The number of hydrogen-bond donors (Lipinski definition) is 1. The monoisotopic (exact) mass is 269 g/mol. The molecule has 2 N–H and O–H groups in total. The maximum atomic E-state index is 5.95. The molecule has 0 amide bonds. The van der Waals surface area contributed by atoms with Gasteiger partial charge in [0.25, 0.3) is 0 Å². The Morgan fingerprint density at radius 1 is 1.35 bits per heavy atom. The van der Waals surface area contributed by atoms with Crippen LogP contribution < -0.4 is 10.5 Å². The van der Waals surface area contributed by atoms with Gasteiger partial charge < -0.3 is 10.5 Å². The van der Waals surface area contributed by atoms with Gasteiger partial charge in [0.05, 0.1) is 0 Å². The van der Waals surface area contributed by atoms with Crippen molar-refractivity contribution in [1.82, 2.24) is 9.59 Å². The quantitative estimate of drug-likeness (QED) is 0.931. The summed E-state index contributed by atoms with van der Waals surface area (Å²) in [6.07, 6.45) is 0. The lowest BCUT2D eigenvalue weighted by Gasteiger charge is -2.11. The molecule has 0 saturated heterocycles. The molecule has 0 fully saturated rings. The van der Waals surface area contributed by atoms with Crippen molar-refractivity contribution in [1.29, 1.82) is 0 Å². The van der Waals surface area contributed by atoms with E-state index < -0.39 is 0 Å². The van der Waals surface area contributed by atoms with Crippen molar-refractivity contribution in [3.05, 3.63) is 34.0 Å². The first-order valence-electron chi connectivity index (χ1n) is 5.04. The molecule has 4 nitrogen and oxygen atoms in total. The zero-order valence-electron chi connectivity index (χ0n) is 9.53. The molecule has 0 aliphatic rings. The summed E-state index contributed by atoms with van der Waals surface area (Å²) < 4.78 is 9.47. The average Bonchev–Trinajstić information content (AvgIpc) is 2.62. The van der Waals surface area contributed by atoms with Crippen LogP contribution in [-0.4, -0.2) is 9.59 Å². The van der Waals surface area contributed by atoms with Crippen molar-refractivity contribution < 1.29 is 4.74 Å². The summed E-state index contributed by atoms with van der Waals surface area (Å²) in [6.45, 7) is 4.24. The van der Waals surface area contributed by atoms with Crippen LogP contribution in [0.4, 0.5) is 5.00 Å². The molecule has 2 rings (SSSR count). The lowest BCUT2D eigenvalue weighted by Crippen LogP contribution is -2.01. The molecule has 1 aromatic carbocycles. The van der Waals surface area contributed by atoms with E-state index in [0.29, 0.717) is 22.3 Å². The number of nitrogens with zero attached hydrogens (tertiary/aromatic N) is 2. The van der Waals surface area contributed by atoms with Crippen molar-refractivity contribution >= 4 is 28.1 Å². The maximum absolute atomic E-state index is 5.95. The highest BCUT2D eigenvalue weighted by atomic mass is 35.5. The summed E-state index contributed by atoms with van der Waals surface area (Å²) in [6, 6.07) is 3.74. The maximum Gasteiger partial charge on any atom is 0.136 e. The Balaban J connectivity index is 2.17. The molecule has 2 aromatic rings. The van der Waals surface area contributed by atoms with Crippen molar-refractivity contribution in [2.75, 3.05) is 5.73 Å². The normalized spacial score (nSPS) is 10.5. The van der Waals surface area contributed by atoms with E-state index in [2.05, 4.69) is 9.59 Å². The number of halogens is 1. The molecule has 1 aromatic heterocycles. The van der Waals surface area contributed by atoms with Gasteiger partial charge in [-0.15, -0.1) is 5.10 Å². The fraction of sp³-hybridized carbons (Fsp3) is 0.273. The van der Waals surface area contributed by atoms with E-state index in [4.69, 9.17) is 22.1 Å². The van der Waals surface area contributed by atoms with E-state index in [0.717, 1.165) is 16.9 Å². The van der Waals surface area contributed by atoms with Crippen LogP contribution in [0.2, 0.25) is 5.02 Å². The minimum atomic E-state index is 0.325. The fourth-order valence-corrected chi connectivity index (χ4v) is 2.34. The van der Waals surface area contributed by atoms with E-state index in [1.165, 1.54) is 11.5 Å². The van der Waals surface area contributed by atoms with Gasteiger partial charge in [0.1, 0.15) is 23.1 Å². The van der Waals surface area contributed by atoms with Crippen LogP contribution >= 0.6 is 23.1 Å². The first-order valence-corrected chi connectivity index (χ1v) is 6.19. The second-order valence-electron chi connectivity index (χ2n) is 3.74. The van der Waals surface area contributed by atoms with Crippen LogP contribution in [0.3, 0.4) is 0 Å². The molecule has 1 heterocycles. The third-order valence-electron chi connectivity index (χ3n) is 2.36. The number of aryl methyl sites for hydroxylation is 2. The molecule has 0 saturated carbocycles. The van der Waals surface area contributed by atoms with Crippen molar-refractivity contribution in [2.24, 2.45) is 0 Å². The highest BCUT2D eigenvalue weighted by molar-refractivity contribution is 7.09. The van der Waals surface area contributed by atoms with Gasteiger partial charge in [0.2, 0.25) is 0 Å². The first kappa shape index (κ1) is 12.1. The summed E-state index contributed by atoms with van der Waals surface area (Å²) in [4.78, 5) is 0. The molecule has 0 radical (unpaired) electrons. The number of nitrogen functional groups attached to an aromatic ring is 1. The number of benzene rings is 1. The minimum absolute atomic E-state index is 0.325. The second kappa shape index (κ2) is 4.89. The average molecular weight is 270 g/mol. The number of nitrogens with two attached hydrogens (primary N) is 1. The summed E-state index contributed by atoms with van der Waals surface area (Å²) in [5, 5.41) is 5.20. The SMILES string of the molecule is Cc1cc(Cl)cc(C)c1OCc1nnsc1N. The van der Waals surface area contributed by atoms with Gasteiger partial charge in [-0.1, -0.05) is 16.1 Å². The summed E-state index contributed by atoms with van der Waals surface area (Å²) in [5.74, 6) is 0.821. The summed E-state index contributed by atoms with van der Waals surface area (Å²) in [7, 11) is 0. The highest BCUT2D eigenvalue weighted by Gasteiger charge is 2.09. The zero-order valence-corrected chi connectivity index (χ0v) is 11.1. The fourth-order valence-electron chi connectivity index (χ4n) is 1.58. The van der Waals surface area contributed by atoms with Crippen LogP contribution in [0.25, 0.3) is 0 Å². The van der Waals surface area contributed by atoms with Gasteiger partial charge in [0, 0.05) is 16.6 Å². The Morgan fingerprint density at radius 2 is 2.00 bits per heavy atom. The van der Waals surface area contributed by atoms with Crippen LogP contribution in [0.15, 0.2) is 12.1 Å². The minimum Gasteiger partial charge on any atom is -0.487 e. The number of anilines is 1. The Morgan fingerprint density at radius 3 is 2.53 bits per heavy atom. The first-order chi connectivity index (χ1) is 8.08. The van der Waals surface area contributed by atoms with E-state index in [1.54, 1.807) is 0 Å². The molecule has 0 bridgehead atoms. The van der Waals surface area contributed by atoms with Gasteiger partial charge in [-0.2, -0.15) is 0 Å². The lowest BCUT2D eigenvalue weighted by molar-refractivity contribution is 0.297. The predicted molar refractivity (Wildman–Crippen MR) is 69.6 cm³/mol. The van der Waals surface area contributed by atoms with Gasteiger partial charge in [-0.25, -0.2) is 0 Å². The summed E-state index contributed by atoms with van der Waals surface area (Å²) >= 11 is 7.12. The predicted octanol–water partition coefficient (Wildman–Crippen LogP) is 2.97. The molecule has 17 heavy (non-hydrogen) atoms. The molecular weight excluding hydrogens is 258 g/mol. The molecule has 0 unspecified atom stereocenters. The molecule has 0 aliphatic heterocycles. The lowest BCUT2D eigenvalue weighted by atomic mass is 10.1.